The number of Topliss-reactive ketones (excluding diaryl/α,β-unsaturated/α-hetero) is 1. The largest absolute Gasteiger partial charge is 0.337 e. The van der Waals surface area contributed by atoms with Crippen molar-refractivity contribution < 1.29 is 9.59 Å². The van der Waals surface area contributed by atoms with Crippen molar-refractivity contribution in [3.63, 3.8) is 0 Å². The van der Waals surface area contributed by atoms with E-state index in [2.05, 4.69) is 25.6 Å². The summed E-state index contributed by atoms with van der Waals surface area (Å²) in [6, 6.07) is 11.1. The highest BCUT2D eigenvalue weighted by atomic mass is 16.2. The lowest BCUT2D eigenvalue weighted by molar-refractivity contribution is -0.120. The number of aromatic amines is 1. The molecule has 3 heterocycles. The Bertz CT molecular complexity index is 1030. The Labute approximate surface area is 156 Å². The molecule has 3 N–H and O–H groups in total. The average molecular weight is 363 g/mol. The van der Waals surface area contributed by atoms with Crippen LogP contribution in [0.4, 0.5) is 5.69 Å². The number of fused-ring (bicyclic) bond motifs is 1. The smallest absolute Gasteiger partial charge is 0.241 e. The van der Waals surface area contributed by atoms with Crippen molar-refractivity contribution in [2.24, 2.45) is 5.92 Å². The highest BCUT2D eigenvalue weighted by Crippen LogP contribution is 2.23. The van der Waals surface area contributed by atoms with Gasteiger partial charge in [0.1, 0.15) is 11.6 Å². The minimum Gasteiger partial charge on any atom is -0.337 e. The van der Waals surface area contributed by atoms with E-state index in [0.29, 0.717) is 30.1 Å². The van der Waals surface area contributed by atoms with E-state index < -0.39 is 0 Å². The summed E-state index contributed by atoms with van der Waals surface area (Å²) in [5.41, 5.74) is 4.01. The molecule has 1 amide bonds. The molecule has 0 aliphatic carbocycles. The second kappa shape index (κ2) is 6.92. The number of anilines is 1. The van der Waals surface area contributed by atoms with E-state index in [-0.39, 0.29) is 23.7 Å². The van der Waals surface area contributed by atoms with Crippen molar-refractivity contribution in [2.45, 2.75) is 26.3 Å². The molecule has 0 radical (unpaired) electrons. The molecule has 2 unspecified atom stereocenters. The highest BCUT2D eigenvalue weighted by molar-refractivity contribution is 5.96. The minimum absolute atomic E-state index is 0.0846. The van der Waals surface area contributed by atoms with Crippen LogP contribution in [-0.2, 0) is 9.59 Å². The van der Waals surface area contributed by atoms with Crippen LogP contribution in [0.25, 0.3) is 22.6 Å². The molecule has 4 rings (SSSR count). The zero-order chi connectivity index (χ0) is 19.0. The molecule has 7 nitrogen and oxygen atoms in total. The number of amides is 1. The number of aromatic nitrogens is 3. The van der Waals surface area contributed by atoms with Crippen LogP contribution in [0.1, 0.15) is 19.0 Å². The molecule has 1 aliphatic heterocycles. The summed E-state index contributed by atoms with van der Waals surface area (Å²) in [5.74, 6) is 0.611. The number of H-pyrrole nitrogens is 1. The number of carbonyl (C=O) groups is 2. The lowest BCUT2D eigenvalue weighted by Crippen LogP contribution is -2.35. The molecule has 1 saturated heterocycles. The predicted octanol–water partition coefficient (Wildman–Crippen LogP) is 2.44. The lowest BCUT2D eigenvalue weighted by Gasteiger charge is -2.12. The van der Waals surface area contributed by atoms with Crippen LogP contribution in [0.3, 0.4) is 0 Å². The maximum absolute atomic E-state index is 12.5. The van der Waals surface area contributed by atoms with Gasteiger partial charge in [-0.2, -0.15) is 0 Å². The first-order valence-corrected chi connectivity index (χ1v) is 8.98. The van der Waals surface area contributed by atoms with Crippen LogP contribution in [0.15, 0.2) is 36.4 Å². The van der Waals surface area contributed by atoms with Gasteiger partial charge in [-0.1, -0.05) is 12.1 Å². The lowest BCUT2D eigenvalue weighted by atomic mass is 10.0. The molecule has 1 aromatic carbocycles. The standard InChI is InChI=1S/C20H21N5O2/c1-11-6-7-16-19(22-11)25-18(24-16)13-4-3-5-15(8-13)23-20(27)17-9-14(10-21-17)12(2)26/h3-8,14,17,21H,9-10H2,1-2H3,(H,23,27)(H,22,24,25). The topological polar surface area (TPSA) is 99.8 Å². The number of aryl methyl sites for hydroxylation is 1. The Balaban J connectivity index is 1.52. The van der Waals surface area contributed by atoms with E-state index >= 15 is 0 Å². The van der Waals surface area contributed by atoms with Crippen LogP contribution in [0.2, 0.25) is 0 Å². The van der Waals surface area contributed by atoms with E-state index in [9.17, 15) is 9.59 Å². The van der Waals surface area contributed by atoms with E-state index in [4.69, 9.17) is 0 Å². The zero-order valence-electron chi connectivity index (χ0n) is 15.2. The number of nitrogens with one attached hydrogen (secondary N) is 3. The molecule has 2 aromatic heterocycles. The van der Waals surface area contributed by atoms with Crippen LogP contribution < -0.4 is 10.6 Å². The van der Waals surface area contributed by atoms with Crippen molar-refractivity contribution in [1.29, 1.82) is 0 Å². The first-order valence-electron chi connectivity index (χ1n) is 8.98. The molecule has 1 fully saturated rings. The molecule has 0 saturated carbocycles. The van der Waals surface area contributed by atoms with Gasteiger partial charge in [0.25, 0.3) is 0 Å². The summed E-state index contributed by atoms with van der Waals surface area (Å²) < 4.78 is 0. The summed E-state index contributed by atoms with van der Waals surface area (Å²) in [7, 11) is 0. The average Bonchev–Trinajstić information content (AvgIpc) is 3.29. The zero-order valence-corrected chi connectivity index (χ0v) is 15.2. The van der Waals surface area contributed by atoms with Gasteiger partial charge in [-0.25, -0.2) is 9.97 Å². The van der Waals surface area contributed by atoms with E-state index in [1.54, 1.807) is 6.92 Å². The van der Waals surface area contributed by atoms with Crippen molar-refractivity contribution in [3.8, 4) is 11.4 Å². The second-order valence-electron chi connectivity index (χ2n) is 6.98. The molecule has 2 atom stereocenters. The fraction of sp³-hybridized carbons (Fsp3) is 0.300. The van der Waals surface area contributed by atoms with Crippen molar-refractivity contribution in [1.82, 2.24) is 20.3 Å². The summed E-state index contributed by atoms with van der Waals surface area (Å²) in [5, 5.41) is 6.04. The van der Waals surface area contributed by atoms with Gasteiger partial charge in [-0.05, 0) is 44.5 Å². The molecular formula is C20H21N5O2. The number of rotatable bonds is 4. The van der Waals surface area contributed by atoms with Gasteiger partial charge in [0, 0.05) is 29.4 Å². The van der Waals surface area contributed by atoms with E-state index in [1.165, 1.54) is 0 Å². The van der Waals surface area contributed by atoms with Crippen molar-refractivity contribution in [2.75, 3.05) is 11.9 Å². The number of imidazole rings is 1. The predicted molar refractivity (Wildman–Crippen MR) is 103 cm³/mol. The summed E-state index contributed by atoms with van der Waals surface area (Å²) >= 11 is 0. The molecule has 7 heteroatoms. The third kappa shape index (κ3) is 3.59. The number of hydrogen-bond acceptors (Lipinski definition) is 5. The van der Waals surface area contributed by atoms with Crippen LogP contribution in [0.5, 0.6) is 0 Å². The van der Waals surface area contributed by atoms with E-state index in [1.807, 2.05) is 43.3 Å². The fourth-order valence-corrected chi connectivity index (χ4v) is 3.34. The number of ketones is 1. The number of benzene rings is 1. The summed E-state index contributed by atoms with van der Waals surface area (Å²) in [4.78, 5) is 36.2. The monoisotopic (exact) mass is 363 g/mol. The van der Waals surface area contributed by atoms with Crippen LogP contribution in [0, 0.1) is 12.8 Å². The summed E-state index contributed by atoms with van der Waals surface area (Å²) in [6.07, 6.45) is 0.537. The van der Waals surface area contributed by atoms with Gasteiger partial charge in [0.2, 0.25) is 5.91 Å². The Kier molecular flexibility index (Phi) is 4.45. The first kappa shape index (κ1) is 17.4. The maximum atomic E-state index is 12.5. The number of nitrogens with zero attached hydrogens (tertiary/aromatic N) is 2. The van der Waals surface area contributed by atoms with Gasteiger partial charge < -0.3 is 15.6 Å². The van der Waals surface area contributed by atoms with Gasteiger partial charge in [-0.3, -0.25) is 9.59 Å². The Morgan fingerprint density at radius 1 is 1.19 bits per heavy atom. The van der Waals surface area contributed by atoms with Gasteiger partial charge in [-0.15, -0.1) is 0 Å². The Morgan fingerprint density at radius 3 is 2.81 bits per heavy atom. The maximum Gasteiger partial charge on any atom is 0.241 e. The Morgan fingerprint density at radius 2 is 2.04 bits per heavy atom. The second-order valence-corrected chi connectivity index (χ2v) is 6.98. The molecule has 3 aromatic rings. The van der Waals surface area contributed by atoms with Crippen LogP contribution >= 0.6 is 0 Å². The molecule has 138 valence electrons. The molecular weight excluding hydrogens is 342 g/mol. The molecule has 27 heavy (non-hydrogen) atoms. The number of hydrogen-bond donors (Lipinski definition) is 3. The molecule has 0 bridgehead atoms. The quantitative estimate of drug-likeness (QED) is 0.661. The van der Waals surface area contributed by atoms with Gasteiger partial charge in [0.05, 0.1) is 11.6 Å². The third-order valence-corrected chi connectivity index (χ3v) is 4.91. The normalized spacial score (nSPS) is 19.3. The first-order chi connectivity index (χ1) is 13.0. The van der Waals surface area contributed by atoms with E-state index in [0.717, 1.165) is 16.8 Å². The van der Waals surface area contributed by atoms with Crippen LogP contribution in [-0.4, -0.2) is 39.2 Å². The summed E-state index contributed by atoms with van der Waals surface area (Å²) in [6.45, 7) is 4.05. The minimum atomic E-state index is -0.346. The van der Waals surface area contributed by atoms with Crippen molar-refractivity contribution >= 4 is 28.5 Å². The number of pyridine rings is 1. The highest BCUT2D eigenvalue weighted by Gasteiger charge is 2.31. The van der Waals surface area contributed by atoms with Gasteiger partial charge in [0.15, 0.2) is 5.65 Å². The molecule has 1 aliphatic rings. The third-order valence-electron chi connectivity index (χ3n) is 4.91. The van der Waals surface area contributed by atoms with Gasteiger partial charge >= 0.3 is 0 Å². The van der Waals surface area contributed by atoms with Crippen molar-refractivity contribution in [3.05, 3.63) is 42.1 Å². The SMILES string of the molecule is CC(=O)C1CNC(C(=O)Nc2cccc(-c3nc4nc(C)ccc4[nH]3)c2)C1. The number of carbonyl (C=O) groups excluding carboxylic acids is 2. The fourth-order valence-electron chi connectivity index (χ4n) is 3.34. The Hall–Kier alpha value is -3.06. The molecule has 0 spiro atoms.